The van der Waals surface area contributed by atoms with Crippen LogP contribution in [0.2, 0.25) is 0 Å². The number of carbonyl (C=O) groups is 1. The van der Waals surface area contributed by atoms with E-state index >= 15 is 0 Å². The van der Waals surface area contributed by atoms with E-state index in [1.165, 1.54) is 5.56 Å². The third-order valence-corrected chi connectivity index (χ3v) is 5.76. The average molecular weight is 394 g/mol. The van der Waals surface area contributed by atoms with Gasteiger partial charge in [0.2, 0.25) is 0 Å². The average Bonchev–Trinajstić information content (AvgIpc) is 2.57. The number of aliphatic carboxylic acids is 1. The van der Waals surface area contributed by atoms with Crippen LogP contribution in [0.3, 0.4) is 0 Å². The second-order valence-corrected chi connectivity index (χ2v) is 9.82. The second kappa shape index (κ2) is 6.68. The van der Waals surface area contributed by atoms with Gasteiger partial charge < -0.3 is 24.4 Å². The highest BCUT2D eigenvalue weighted by Gasteiger charge is 2.34. The molecule has 0 radical (unpaired) electrons. The molecule has 4 rings (SSSR count). The van der Waals surface area contributed by atoms with Crippen molar-refractivity contribution < 1.29 is 14.6 Å². The van der Waals surface area contributed by atoms with Crippen LogP contribution in [0.1, 0.15) is 40.2 Å². The fraction of sp³-hybridized carbons (Fsp3) is 0.458. The summed E-state index contributed by atoms with van der Waals surface area (Å²) in [5.74, 6) is -0.437. The molecular weight excluding hydrogens is 364 g/mol. The minimum absolute atomic E-state index is 0.0533. The van der Waals surface area contributed by atoms with E-state index in [9.17, 15) is 9.90 Å². The number of ether oxygens (including phenoxy) is 1. The van der Waals surface area contributed by atoms with Crippen molar-refractivity contribution in [2.24, 2.45) is 5.92 Å². The summed E-state index contributed by atoms with van der Waals surface area (Å²) in [6.45, 7) is 12.6. The first kappa shape index (κ1) is 19.6. The number of carboxylic acid groups (broad SMARTS) is 1. The molecule has 2 aromatic carbocycles. The molecule has 5 nitrogen and oxygen atoms in total. The van der Waals surface area contributed by atoms with Crippen LogP contribution in [-0.4, -0.2) is 31.2 Å². The molecule has 2 aliphatic heterocycles. The summed E-state index contributed by atoms with van der Waals surface area (Å²) in [5.41, 5.74) is 4.16. The maximum atomic E-state index is 11.0. The third kappa shape index (κ3) is 3.78. The predicted octanol–water partition coefficient (Wildman–Crippen LogP) is 3.48. The Morgan fingerprint density at radius 3 is 2.45 bits per heavy atom. The van der Waals surface area contributed by atoms with Crippen molar-refractivity contribution in [2.45, 2.75) is 45.6 Å². The lowest BCUT2D eigenvalue weighted by Gasteiger charge is -2.43. The minimum atomic E-state index is -0.962. The normalized spacial score (nSPS) is 18.7. The van der Waals surface area contributed by atoms with Crippen LogP contribution in [0, 0.1) is 5.92 Å². The van der Waals surface area contributed by atoms with E-state index in [0.717, 1.165) is 29.4 Å². The Balaban J connectivity index is 1.67. The molecule has 0 amide bonds. The van der Waals surface area contributed by atoms with Crippen LogP contribution >= 0.6 is 0 Å². The molecule has 0 atom stereocenters. The Kier molecular flexibility index (Phi) is 4.52. The first-order chi connectivity index (χ1) is 13.5. The topological polar surface area (TPSA) is 55.8 Å². The first-order valence-electron chi connectivity index (χ1n) is 10.2. The van der Waals surface area contributed by atoms with Gasteiger partial charge in [-0.15, -0.1) is 0 Å². The number of benzene rings is 2. The van der Waals surface area contributed by atoms with Gasteiger partial charge in [0.25, 0.3) is 0 Å². The van der Waals surface area contributed by atoms with Gasteiger partial charge in [0, 0.05) is 36.4 Å². The number of rotatable bonds is 3. The molecule has 0 saturated carbocycles. The monoisotopic (exact) mass is 393 g/mol. The highest BCUT2D eigenvalue weighted by Crippen LogP contribution is 2.44. The molecule has 0 unspecified atom stereocenters. The summed E-state index contributed by atoms with van der Waals surface area (Å²) < 4.78 is 6.33. The molecule has 5 heteroatoms. The minimum Gasteiger partial charge on any atom is -0.550 e. The van der Waals surface area contributed by atoms with E-state index in [4.69, 9.17) is 4.74 Å². The number of anilines is 3. The molecule has 154 valence electrons. The summed E-state index contributed by atoms with van der Waals surface area (Å²) in [4.78, 5) is 15.4. The van der Waals surface area contributed by atoms with Crippen molar-refractivity contribution in [1.82, 2.24) is 0 Å². The molecule has 0 bridgehead atoms. The highest BCUT2D eigenvalue weighted by atomic mass is 16.5. The number of hydrogen-bond acceptors (Lipinski definition) is 5. The predicted molar refractivity (Wildman–Crippen MR) is 114 cm³/mol. The van der Waals surface area contributed by atoms with Gasteiger partial charge >= 0.3 is 0 Å². The Morgan fingerprint density at radius 2 is 1.79 bits per heavy atom. The lowest BCUT2D eigenvalue weighted by molar-refractivity contribution is -0.312. The second-order valence-electron chi connectivity index (χ2n) is 9.82. The Hall–Kier alpha value is -2.69. The smallest absolute Gasteiger partial charge is 0.144 e. The number of nitrogens with zero attached hydrogens (tertiary/aromatic N) is 2. The van der Waals surface area contributed by atoms with Gasteiger partial charge in [0.15, 0.2) is 0 Å². The molecule has 1 fully saturated rings. The molecule has 0 aromatic heterocycles. The van der Waals surface area contributed by atoms with Crippen molar-refractivity contribution in [1.29, 1.82) is 0 Å². The lowest BCUT2D eigenvalue weighted by Crippen LogP contribution is -2.54. The quantitative estimate of drug-likeness (QED) is 0.799. The zero-order valence-electron chi connectivity index (χ0n) is 17.9. The van der Waals surface area contributed by atoms with E-state index in [1.54, 1.807) is 0 Å². The summed E-state index contributed by atoms with van der Waals surface area (Å²) in [5, 5.41) is 11.0. The van der Waals surface area contributed by atoms with Gasteiger partial charge in [-0.2, -0.15) is 0 Å². The van der Waals surface area contributed by atoms with Gasteiger partial charge in [0.05, 0.1) is 12.2 Å². The van der Waals surface area contributed by atoms with Crippen LogP contribution in [0.25, 0.3) is 0 Å². The molecule has 29 heavy (non-hydrogen) atoms. The van der Waals surface area contributed by atoms with E-state index in [1.807, 2.05) is 12.1 Å². The molecule has 2 aromatic rings. The van der Waals surface area contributed by atoms with Crippen molar-refractivity contribution in [3.05, 3.63) is 48.0 Å². The summed E-state index contributed by atoms with van der Waals surface area (Å²) in [6.07, 6.45) is 0. The van der Waals surface area contributed by atoms with E-state index in [2.05, 4.69) is 74.8 Å². The lowest BCUT2D eigenvalue weighted by atomic mass is 9.86. The van der Waals surface area contributed by atoms with Crippen LogP contribution in [0.15, 0.2) is 42.5 Å². The molecule has 0 spiro atoms. The summed E-state index contributed by atoms with van der Waals surface area (Å²) in [7, 11) is 0. The fourth-order valence-electron chi connectivity index (χ4n) is 4.01. The standard InChI is InChI=1S/C24H30N2O3/c1-23(2,3)17-9-10-20-21(11-17)29-24(4,5)15-26(20)19-8-6-7-18(12-19)25-13-16(14-25)22(27)28/h6-12,16H,13-15H2,1-5H3,(H,27,28)/p-1. The van der Waals surface area contributed by atoms with Crippen molar-refractivity contribution in [2.75, 3.05) is 29.4 Å². The van der Waals surface area contributed by atoms with E-state index < -0.39 is 5.97 Å². The Bertz CT molecular complexity index is 939. The van der Waals surface area contributed by atoms with Crippen molar-refractivity contribution in [3.63, 3.8) is 0 Å². The van der Waals surface area contributed by atoms with Crippen LogP contribution < -0.4 is 19.6 Å². The van der Waals surface area contributed by atoms with Gasteiger partial charge in [0.1, 0.15) is 11.4 Å². The van der Waals surface area contributed by atoms with Crippen LogP contribution in [0.4, 0.5) is 17.1 Å². The molecule has 1 saturated heterocycles. The maximum absolute atomic E-state index is 11.0. The molecule has 2 aliphatic rings. The van der Waals surface area contributed by atoms with E-state index in [-0.39, 0.29) is 16.9 Å². The first-order valence-corrected chi connectivity index (χ1v) is 10.2. The molecule has 0 aliphatic carbocycles. The van der Waals surface area contributed by atoms with E-state index in [0.29, 0.717) is 13.1 Å². The number of carbonyl (C=O) groups excluding carboxylic acids is 1. The van der Waals surface area contributed by atoms with Crippen molar-refractivity contribution >= 4 is 23.0 Å². The van der Waals surface area contributed by atoms with Gasteiger partial charge in [-0.1, -0.05) is 32.9 Å². The highest BCUT2D eigenvalue weighted by molar-refractivity contribution is 5.76. The molecular formula is C24H29N2O3-. The number of carboxylic acids is 1. The van der Waals surface area contributed by atoms with Gasteiger partial charge in [-0.3, -0.25) is 0 Å². The van der Waals surface area contributed by atoms with Crippen LogP contribution in [0.5, 0.6) is 5.75 Å². The number of fused-ring (bicyclic) bond motifs is 1. The molecule has 0 N–H and O–H groups in total. The number of hydrogen-bond donors (Lipinski definition) is 0. The van der Waals surface area contributed by atoms with Gasteiger partial charge in [-0.25, -0.2) is 0 Å². The largest absolute Gasteiger partial charge is 0.550 e. The molecule has 2 heterocycles. The van der Waals surface area contributed by atoms with Gasteiger partial charge in [-0.05, 0) is 55.2 Å². The summed E-state index contributed by atoms with van der Waals surface area (Å²) >= 11 is 0. The SMILES string of the molecule is CC1(C)CN(c2cccc(N3CC(C(=O)[O-])C3)c2)c2ccc(C(C)(C)C)cc2O1. The zero-order valence-corrected chi connectivity index (χ0v) is 17.9. The van der Waals surface area contributed by atoms with Crippen LogP contribution in [-0.2, 0) is 10.2 Å². The Morgan fingerprint density at radius 1 is 1.10 bits per heavy atom. The third-order valence-electron chi connectivity index (χ3n) is 5.76. The summed E-state index contributed by atoms with van der Waals surface area (Å²) in [6, 6.07) is 14.8. The zero-order chi connectivity index (χ0) is 21.0. The van der Waals surface area contributed by atoms with Crippen molar-refractivity contribution in [3.8, 4) is 5.75 Å². The fourth-order valence-corrected chi connectivity index (χ4v) is 4.01. The Labute approximate surface area is 172 Å². The maximum Gasteiger partial charge on any atom is 0.144 e.